The first-order valence-electron chi connectivity index (χ1n) is 9.42. The van der Waals surface area contributed by atoms with Gasteiger partial charge in [-0.3, -0.25) is 4.79 Å². The molecule has 0 spiro atoms. The van der Waals surface area contributed by atoms with E-state index in [1.165, 1.54) is 0 Å². The predicted octanol–water partition coefficient (Wildman–Crippen LogP) is 5.07. The third-order valence-electron chi connectivity index (χ3n) is 3.97. The van der Waals surface area contributed by atoms with Crippen molar-refractivity contribution < 1.29 is 19.0 Å². The Labute approximate surface area is 165 Å². The van der Waals surface area contributed by atoms with Gasteiger partial charge in [0.1, 0.15) is 0 Å². The Balaban J connectivity index is 2.36. The van der Waals surface area contributed by atoms with Crippen LogP contribution in [0.5, 0.6) is 17.2 Å². The number of carbonyl (C=O) groups is 1. The zero-order valence-electron chi connectivity index (χ0n) is 16.7. The summed E-state index contributed by atoms with van der Waals surface area (Å²) >= 11 is 1.64. The Morgan fingerprint density at radius 2 is 1.63 bits per heavy atom. The molecule has 0 aliphatic carbocycles. The molecule has 148 valence electrons. The number of amides is 1. The third kappa shape index (κ3) is 5.39. The van der Waals surface area contributed by atoms with E-state index in [1.54, 1.807) is 23.5 Å². The van der Waals surface area contributed by atoms with Gasteiger partial charge in [-0.2, -0.15) is 0 Å². The van der Waals surface area contributed by atoms with Crippen LogP contribution in [0.2, 0.25) is 0 Å². The van der Waals surface area contributed by atoms with Crippen LogP contribution in [0.3, 0.4) is 0 Å². The van der Waals surface area contributed by atoms with Crippen LogP contribution < -0.4 is 19.5 Å². The number of hydrogen-bond donors (Lipinski definition) is 1. The van der Waals surface area contributed by atoms with Crippen molar-refractivity contribution in [2.24, 2.45) is 5.92 Å². The van der Waals surface area contributed by atoms with Crippen LogP contribution >= 0.6 is 11.3 Å². The van der Waals surface area contributed by atoms with Crippen molar-refractivity contribution in [2.75, 3.05) is 19.8 Å². The van der Waals surface area contributed by atoms with E-state index < -0.39 is 0 Å². The fraction of sp³-hybridized carbons (Fsp3) is 0.476. The molecule has 5 nitrogen and oxygen atoms in total. The van der Waals surface area contributed by atoms with E-state index >= 15 is 0 Å². The van der Waals surface area contributed by atoms with E-state index in [4.69, 9.17) is 14.2 Å². The minimum Gasteiger partial charge on any atom is -0.490 e. The van der Waals surface area contributed by atoms with Crippen molar-refractivity contribution in [1.29, 1.82) is 0 Å². The molecule has 0 aliphatic rings. The molecule has 1 aromatic carbocycles. The molecule has 2 aromatic rings. The number of hydrogen-bond acceptors (Lipinski definition) is 5. The van der Waals surface area contributed by atoms with Crippen molar-refractivity contribution in [1.82, 2.24) is 5.32 Å². The predicted molar refractivity (Wildman–Crippen MR) is 109 cm³/mol. The Hall–Kier alpha value is -2.21. The number of nitrogens with one attached hydrogen (secondary N) is 1. The van der Waals surface area contributed by atoms with E-state index in [-0.39, 0.29) is 17.9 Å². The van der Waals surface area contributed by atoms with Gasteiger partial charge in [0.15, 0.2) is 11.5 Å². The van der Waals surface area contributed by atoms with Gasteiger partial charge in [-0.05, 0) is 50.3 Å². The van der Waals surface area contributed by atoms with E-state index in [0.717, 1.165) is 4.88 Å². The van der Waals surface area contributed by atoms with Crippen molar-refractivity contribution in [2.45, 2.75) is 40.7 Å². The van der Waals surface area contributed by atoms with Crippen LogP contribution in [0.15, 0.2) is 29.6 Å². The molecular formula is C21H29NO4S. The van der Waals surface area contributed by atoms with Gasteiger partial charge in [0.05, 0.1) is 25.9 Å². The number of rotatable bonds is 10. The fourth-order valence-electron chi connectivity index (χ4n) is 2.78. The van der Waals surface area contributed by atoms with Crippen LogP contribution in [0, 0.1) is 5.92 Å². The minimum absolute atomic E-state index is 0.0462. The van der Waals surface area contributed by atoms with E-state index in [0.29, 0.717) is 42.6 Å². The van der Waals surface area contributed by atoms with Gasteiger partial charge < -0.3 is 19.5 Å². The normalized spacial score (nSPS) is 11.9. The van der Waals surface area contributed by atoms with E-state index in [2.05, 4.69) is 19.2 Å². The van der Waals surface area contributed by atoms with Gasteiger partial charge in [0.25, 0.3) is 5.91 Å². The van der Waals surface area contributed by atoms with E-state index in [1.807, 2.05) is 38.3 Å². The number of thiophene rings is 1. The van der Waals surface area contributed by atoms with Crippen LogP contribution in [0.4, 0.5) is 0 Å². The second-order valence-electron chi connectivity index (χ2n) is 6.31. The molecule has 1 N–H and O–H groups in total. The highest BCUT2D eigenvalue weighted by Crippen LogP contribution is 2.39. The molecule has 27 heavy (non-hydrogen) atoms. The summed E-state index contributed by atoms with van der Waals surface area (Å²) < 4.78 is 17.1. The van der Waals surface area contributed by atoms with E-state index in [9.17, 15) is 4.79 Å². The average Bonchev–Trinajstić information content (AvgIpc) is 3.16. The Bertz CT molecular complexity index is 701. The molecule has 0 radical (unpaired) electrons. The maximum atomic E-state index is 13.0. The van der Waals surface area contributed by atoms with Crippen molar-refractivity contribution in [3.8, 4) is 17.2 Å². The number of ether oxygens (including phenoxy) is 3. The SMILES string of the molecule is CCOc1cc(C(=O)N[C@H](c2cccs2)C(C)C)cc(OCC)c1OCC. The maximum absolute atomic E-state index is 13.0. The highest BCUT2D eigenvalue weighted by atomic mass is 32.1. The number of benzene rings is 1. The molecule has 0 saturated carbocycles. The molecule has 0 fully saturated rings. The maximum Gasteiger partial charge on any atom is 0.252 e. The zero-order valence-corrected chi connectivity index (χ0v) is 17.5. The fourth-order valence-corrected chi connectivity index (χ4v) is 3.73. The summed E-state index contributed by atoms with van der Waals surface area (Å²) in [4.78, 5) is 14.1. The van der Waals surface area contributed by atoms with Gasteiger partial charge in [0.2, 0.25) is 5.75 Å². The number of carbonyl (C=O) groups excluding carboxylic acids is 1. The lowest BCUT2D eigenvalue weighted by molar-refractivity contribution is 0.0925. The quantitative estimate of drug-likeness (QED) is 0.614. The standard InChI is InChI=1S/C21H29NO4S/c1-6-24-16-12-15(13-17(25-7-2)20(16)26-8-3)21(23)22-19(14(4)5)18-10-9-11-27-18/h9-14,19H,6-8H2,1-5H3,(H,22,23)/t19-/m0/s1. The Kier molecular flexibility index (Phi) is 7.98. The van der Waals surface area contributed by atoms with Crippen molar-refractivity contribution >= 4 is 17.2 Å². The second kappa shape index (κ2) is 10.2. The molecule has 1 heterocycles. The lowest BCUT2D eigenvalue weighted by atomic mass is 10.0. The van der Waals surface area contributed by atoms with Crippen molar-refractivity contribution in [3.05, 3.63) is 40.1 Å². The molecular weight excluding hydrogens is 362 g/mol. The van der Waals surface area contributed by atoms with Gasteiger partial charge in [-0.15, -0.1) is 11.3 Å². The zero-order chi connectivity index (χ0) is 19.8. The molecule has 0 aliphatic heterocycles. The summed E-state index contributed by atoms with van der Waals surface area (Å²) in [7, 11) is 0. The van der Waals surface area contributed by atoms with Gasteiger partial charge >= 0.3 is 0 Å². The first kappa shape index (κ1) is 21.1. The van der Waals surface area contributed by atoms with Crippen LogP contribution in [-0.4, -0.2) is 25.7 Å². The van der Waals surface area contributed by atoms with Crippen LogP contribution in [0.25, 0.3) is 0 Å². The summed E-state index contributed by atoms with van der Waals surface area (Å²) in [6, 6.07) is 7.44. The van der Waals surface area contributed by atoms with Crippen molar-refractivity contribution in [3.63, 3.8) is 0 Å². The first-order chi connectivity index (χ1) is 13.0. The average molecular weight is 392 g/mol. The molecule has 1 amide bonds. The topological polar surface area (TPSA) is 56.8 Å². The molecule has 0 unspecified atom stereocenters. The molecule has 1 atom stereocenters. The highest BCUT2D eigenvalue weighted by Gasteiger charge is 2.23. The van der Waals surface area contributed by atoms with Crippen LogP contribution in [-0.2, 0) is 0 Å². The van der Waals surface area contributed by atoms with Gasteiger partial charge in [-0.1, -0.05) is 19.9 Å². The molecule has 2 rings (SSSR count). The Morgan fingerprint density at radius 1 is 1.04 bits per heavy atom. The molecule has 0 saturated heterocycles. The largest absolute Gasteiger partial charge is 0.490 e. The molecule has 0 bridgehead atoms. The van der Waals surface area contributed by atoms with Gasteiger partial charge in [-0.25, -0.2) is 0 Å². The smallest absolute Gasteiger partial charge is 0.252 e. The minimum atomic E-state index is -0.160. The molecule has 6 heteroatoms. The third-order valence-corrected chi connectivity index (χ3v) is 4.93. The lowest BCUT2D eigenvalue weighted by Gasteiger charge is -2.22. The summed E-state index contributed by atoms with van der Waals surface area (Å²) in [6.07, 6.45) is 0. The van der Waals surface area contributed by atoms with Gasteiger partial charge in [0, 0.05) is 10.4 Å². The summed E-state index contributed by atoms with van der Waals surface area (Å²) in [5, 5.41) is 5.17. The summed E-state index contributed by atoms with van der Waals surface area (Å²) in [5.74, 6) is 1.69. The Morgan fingerprint density at radius 3 is 2.07 bits per heavy atom. The highest BCUT2D eigenvalue weighted by molar-refractivity contribution is 7.10. The summed E-state index contributed by atoms with van der Waals surface area (Å²) in [6.45, 7) is 11.3. The van der Waals surface area contributed by atoms with Crippen LogP contribution in [0.1, 0.15) is 55.9 Å². The second-order valence-corrected chi connectivity index (χ2v) is 7.29. The summed E-state index contributed by atoms with van der Waals surface area (Å²) in [5.41, 5.74) is 0.493. The monoisotopic (exact) mass is 391 g/mol. The lowest BCUT2D eigenvalue weighted by Crippen LogP contribution is -2.31. The molecule has 1 aromatic heterocycles. The first-order valence-corrected chi connectivity index (χ1v) is 10.3.